The van der Waals surface area contributed by atoms with Gasteiger partial charge < -0.3 is 14.6 Å². The number of carbonyl (C=O) groups excluding carboxylic acids is 1. The molecule has 0 unspecified atom stereocenters. The number of hydrogen-bond donors (Lipinski definition) is 1. The molecular weight excluding hydrogens is 408 g/mol. The first-order chi connectivity index (χ1) is 14.0. The molecule has 0 heterocycles. The van der Waals surface area contributed by atoms with E-state index in [4.69, 9.17) is 9.84 Å². The number of Topliss-reactive ketones (excluding diaryl/α,β-unsaturated/α-hetero) is 1. The smallest absolute Gasteiger partial charge is 0.130 e. The minimum absolute atomic E-state index is 0.0417. The normalized spacial score (nSPS) is 10.1. The first-order valence-corrected chi connectivity index (χ1v) is 12.9. The van der Waals surface area contributed by atoms with Crippen LogP contribution in [0.5, 0.6) is 0 Å². The summed E-state index contributed by atoms with van der Waals surface area (Å²) in [6.45, 7) is 20.4. The van der Waals surface area contributed by atoms with Crippen LogP contribution in [0.2, 0.25) is 0 Å². The molecule has 0 amide bonds. The Morgan fingerprint density at radius 3 is 1.39 bits per heavy atom. The van der Waals surface area contributed by atoms with Crippen LogP contribution in [0, 0.1) is 11.8 Å². The van der Waals surface area contributed by atoms with E-state index in [-0.39, 0.29) is 11.4 Å². The molecule has 0 aromatic heterocycles. The predicted octanol–water partition coefficient (Wildman–Crippen LogP) is 6.49. The van der Waals surface area contributed by atoms with Gasteiger partial charge in [-0.25, -0.2) is 0 Å². The zero-order chi connectivity index (χ0) is 25.6. The molecule has 186 valence electrons. The summed E-state index contributed by atoms with van der Waals surface area (Å²) in [6, 6.07) is 10.5. The number of ketones is 1. The van der Waals surface area contributed by atoms with Crippen molar-refractivity contribution >= 4 is 16.6 Å². The molecule has 1 N–H and O–H groups in total. The number of benzene rings is 1. The number of carbonyl (C=O) groups is 1. The van der Waals surface area contributed by atoms with Gasteiger partial charge in [0.25, 0.3) is 0 Å². The van der Waals surface area contributed by atoms with E-state index in [1.54, 1.807) is 26.5 Å². The van der Waals surface area contributed by atoms with Crippen LogP contribution in [0.4, 0.5) is 0 Å². The van der Waals surface area contributed by atoms with E-state index in [9.17, 15) is 9.00 Å². The molecule has 0 aliphatic rings. The van der Waals surface area contributed by atoms with Crippen LogP contribution in [-0.4, -0.2) is 46.9 Å². The van der Waals surface area contributed by atoms with Crippen LogP contribution in [0.15, 0.2) is 30.3 Å². The standard InChI is InChI=1S/C9H12.C6H12O.C5H12O.C4H10O.C2H6OS/c1-8(2)9-6-4-3-5-7-9;1-5(2)4-6(3)7;1-5(2,3)6-4;1-4(2)3-5;1-4(2)3/h3-8H,1-2H3;5H,4H2,1-3H3;1-4H3;4-5H,3H2,1-2H3;1-2H3. The molecule has 0 atom stereocenters. The second kappa shape index (κ2) is 23.6. The first-order valence-electron chi connectivity index (χ1n) is 10.9. The number of hydrogen-bond acceptors (Lipinski definition) is 4. The highest BCUT2D eigenvalue weighted by atomic mass is 32.2. The molecule has 1 rings (SSSR count). The number of aliphatic hydroxyl groups excluding tert-OH is 1. The fourth-order valence-electron chi connectivity index (χ4n) is 1.41. The van der Waals surface area contributed by atoms with Gasteiger partial charge in [0.15, 0.2) is 0 Å². The van der Waals surface area contributed by atoms with Crippen molar-refractivity contribution in [3.05, 3.63) is 35.9 Å². The van der Waals surface area contributed by atoms with Crippen molar-refractivity contribution in [2.24, 2.45) is 11.8 Å². The van der Waals surface area contributed by atoms with E-state index in [1.807, 2.05) is 54.5 Å². The van der Waals surface area contributed by atoms with Crippen LogP contribution in [0.3, 0.4) is 0 Å². The number of ether oxygens (including phenoxy) is 1. The van der Waals surface area contributed by atoms with Crippen LogP contribution in [-0.2, 0) is 20.3 Å². The van der Waals surface area contributed by atoms with Crippen LogP contribution >= 0.6 is 0 Å². The summed E-state index contributed by atoms with van der Waals surface area (Å²) in [5.41, 5.74) is 1.46. The zero-order valence-corrected chi connectivity index (χ0v) is 23.4. The summed E-state index contributed by atoms with van der Waals surface area (Å²) >= 11 is 0. The second-order valence-corrected chi connectivity index (χ2v) is 11.0. The Kier molecular flexibility index (Phi) is 28.4. The molecule has 0 aliphatic carbocycles. The molecule has 1 aromatic carbocycles. The number of methoxy groups -OCH3 is 1. The summed E-state index contributed by atoms with van der Waals surface area (Å²) in [7, 11) is 1.10. The third kappa shape index (κ3) is 52.8. The molecule has 0 bridgehead atoms. The van der Waals surface area contributed by atoms with E-state index in [0.717, 1.165) is 6.42 Å². The highest BCUT2D eigenvalue weighted by molar-refractivity contribution is 7.83. The Morgan fingerprint density at radius 2 is 1.29 bits per heavy atom. The van der Waals surface area contributed by atoms with Crippen molar-refractivity contribution in [2.45, 2.75) is 87.2 Å². The molecule has 0 aliphatic heterocycles. The lowest BCUT2D eigenvalue weighted by Crippen LogP contribution is -2.15. The third-order valence-corrected chi connectivity index (χ3v) is 3.14. The Hall–Kier alpha value is -1.04. The van der Waals surface area contributed by atoms with Gasteiger partial charge in [0, 0.05) is 43.4 Å². The largest absolute Gasteiger partial charge is 0.396 e. The topological polar surface area (TPSA) is 63.6 Å². The van der Waals surface area contributed by atoms with E-state index >= 15 is 0 Å². The molecule has 0 radical (unpaired) electrons. The average Bonchev–Trinajstić information content (AvgIpc) is 2.61. The van der Waals surface area contributed by atoms with Gasteiger partial charge >= 0.3 is 0 Å². The quantitative estimate of drug-likeness (QED) is 0.557. The predicted molar refractivity (Wildman–Crippen MR) is 139 cm³/mol. The van der Waals surface area contributed by atoms with Gasteiger partial charge in [-0.1, -0.05) is 71.9 Å². The van der Waals surface area contributed by atoms with Crippen molar-refractivity contribution in [3.63, 3.8) is 0 Å². The van der Waals surface area contributed by atoms with Gasteiger partial charge in [-0.2, -0.15) is 0 Å². The molecule has 4 nitrogen and oxygen atoms in total. The monoisotopic (exact) mass is 460 g/mol. The molecule has 0 saturated heterocycles. The summed E-state index contributed by atoms with van der Waals surface area (Å²) in [6.07, 6.45) is 4.00. The molecule has 31 heavy (non-hydrogen) atoms. The Morgan fingerprint density at radius 1 is 0.968 bits per heavy atom. The lowest BCUT2D eigenvalue weighted by atomic mass is 10.0. The summed E-state index contributed by atoms with van der Waals surface area (Å²) in [5.74, 6) is 1.91. The maximum atomic E-state index is 10.3. The lowest BCUT2D eigenvalue weighted by molar-refractivity contribution is -0.117. The second-order valence-electron chi connectivity index (χ2n) is 9.50. The average molecular weight is 461 g/mol. The van der Waals surface area contributed by atoms with Gasteiger partial charge in [-0.15, -0.1) is 0 Å². The highest BCUT2D eigenvalue weighted by Gasteiger charge is 2.04. The highest BCUT2D eigenvalue weighted by Crippen LogP contribution is 2.11. The van der Waals surface area contributed by atoms with Crippen LogP contribution in [0.25, 0.3) is 0 Å². The van der Waals surface area contributed by atoms with Crippen molar-refractivity contribution < 1.29 is 18.8 Å². The molecule has 0 saturated carbocycles. The van der Waals surface area contributed by atoms with Gasteiger partial charge in [-0.05, 0) is 51.0 Å². The number of rotatable bonds is 4. The van der Waals surface area contributed by atoms with E-state index in [1.165, 1.54) is 5.56 Å². The molecule has 1 aromatic rings. The van der Waals surface area contributed by atoms with E-state index in [2.05, 4.69) is 38.1 Å². The minimum Gasteiger partial charge on any atom is -0.396 e. The van der Waals surface area contributed by atoms with Gasteiger partial charge in [0.05, 0.1) is 5.60 Å². The SMILES string of the molecule is CC(=O)CC(C)C.CC(C)CO.CC(C)c1ccccc1.COC(C)(C)C.CS(C)=O. The van der Waals surface area contributed by atoms with Gasteiger partial charge in [0.1, 0.15) is 5.78 Å². The fourth-order valence-corrected chi connectivity index (χ4v) is 1.41. The van der Waals surface area contributed by atoms with Crippen molar-refractivity contribution in [1.82, 2.24) is 0 Å². The van der Waals surface area contributed by atoms with Gasteiger partial charge in [0.2, 0.25) is 0 Å². The maximum Gasteiger partial charge on any atom is 0.130 e. The summed E-state index contributed by atoms with van der Waals surface area (Å²) in [5, 5.41) is 8.14. The number of aliphatic hydroxyl groups is 1. The minimum atomic E-state index is -0.611. The Balaban J connectivity index is -0.000000152. The van der Waals surface area contributed by atoms with Gasteiger partial charge in [-0.3, -0.25) is 4.21 Å². The Labute approximate surface area is 196 Å². The van der Waals surface area contributed by atoms with Crippen molar-refractivity contribution in [3.8, 4) is 0 Å². The molecule has 0 fully saturated rings. The fraction of sp³-hybridized carbons (Fsp3) is 0.731. The van der Waals surface area contributed by atoms with Crippen LogP contribution < -0.4 is 0 Å². The van der Waals surface area contributed by atoms with E-state index < -0.39 is 10.8 Å². The first kappa shape index (κ1) is 37.3. The van der Waals surface area contributed by atoms with E-state index in [0.29, 0.717) is 24.4 Å². The molecule has 5 heteroatoms. The van der Waals surface area contributed by atoms with Crippen molar-refractivity contribution in [2.75, 3.05) is 26.2 Å². The van der Waals surface area contributed by atoms with Crippen LogP contribution in [0.1, 0.15) is 87.1 Å². The Bertz CT molecular complexity index is 514. The third-order valence-electron chi connectivity index (χ3n) is 3.14. The zero-order valence-electron chi connectivity index (χ0n) is 22.6. The van der Waals surface area contributed by atoms with Crippen molar-refractivity contribution in [1.29, 1.82) is 0 Å². The summed E-state index contributed by atoms with van der Waals surface area (Å²) < 4.78 is 14.5. The lowest BCUT2D eigenvalue weighted by Gasteiger charge is -2.14. The molecular formula is C26H52O4S. The maximum absolute atomic E-state index is 10.3. The molecule has 0 spiro atoms. The summed E-state index contributed by atoms with van der Waals surface area (Å²) in [4.78, 5) is 10.3.